The largest absolute Gasteiger partial charge is 0.507 e. The Kier molecular flexibility index (Phi) is 4.95. The van der Waals surface area contributed by atoms with Crippen LogP contribution in [0, 0.1) is 0 Å². The Hall–Kier alpha value is -3.59. The van der Waals surface area contributed by atoms with Crippen LogP contribution in [0.25, 0.3) is 5.76 Å². The first-order valence-corrected chi connectivity index (χ1v) is 10.7. The standard InChI is InChI=1S/C22H19N3O5S/c26-20(14-4-5-15-16(11-14)30-13-29-15)18-19(17-3-1-10-31-17)25(22(28)21(18)27)8-2-7-24-9-6-23-12-24/h1,3-6,9-12,19,26H,2,7-8,13H2/b20-18+. The molecule has 0 saturated carbocycles. The maximum absolute atomic E-state index is 13.0. The van der Waals surface area contributed by atoms with E-state index in [1.165, 1.54) is 11.3 Å². The van der Waals surface area contributed by atoms with Crippen molar-refractivity contribution in [2.45, 2.75) is 19.0 Å². The molecule has 2 aliphatic rings. The number of aryl methyl sites for hydroxylation is 1. The molecule has 3 aromatic rings. The van der Waals surface area contributed by atoms with Crippen molar-refractivity contribution in [1.29, 1.82) is 0 Å². The van der Waals surface area contributed by atoms with Crippen LogP contribution < -0.4 is 9.47 Å². The molecule has 4 heterocycles. The summed E-state index contributed by atoms with van der Waals surface area (Å²) < 4.78 is 12.6. The van der Waals surface area contributed by atoms with Crippen molar-refractivity contribution < 1.29 is 24.2 Å². The summed E-state index contributed by atoms with van der Waals surface area (Å²) in [6.07, 6.45) is 5.91. The number of thiophene rings is 1. The lowest BCUT2D eigenvalue weighted by molar-refractivity contribution is -0.139. The van der Waals surface area contributed by atoms with Crippen molar-refractivity contribution in [1.82, 2.24) is 14.5 Å². The van der Waals surface area contributed by atoms with E-state index in [9.17, 15) is 14.7 Å². The fraction of sp³-hybridized carbons (Fsp3) is 0.227. The topological polar surface area (TPSA) is 93.9 Å². The number of amides is 1. The molecule has 0 aliphatic carbocycles. The van der Waals surface area contributed by atoms with Gasteiger partial charge in [-0.2, -0.15) is 0 Å². The van der Waals surface area contributed by atoms with Crippen LogP contribution in [-0.4, -0.2) is 44.6 Å². The number of hydrogen-bond acceptors (Lipinski definition) is 7. The smallest absolute Gasteiger partial charge is 0.295 e. The average Bonchev–Trinajstić information content (AvgIpc) is 3.57. The van der Waals surface area contributed by atoms with Gasteiger partial charge in [0.1, 0.15) is 5.76 Å². The molecule has 0 spiro atoms. The van der Waals surface area contributed by atoms with Gasteiger partial charge in [-0.25, -0.2) is 4.98 Å². The lowest BCUT2D eigenvalue weighted by atomic mass is 9.99. The molecule has 1 amide bonds. The van der Waals surface area contributed by atoms with Gasteiger partial charge in [-0.15, -0.1) is 11.3 Å². The maximum atomic E-state index is 13.0. The minimum absolute atomic E-state index is 0.0916. The number of carbonyl (C=O) groups excluding carboxylic acids is 2. The molecule has 1 saturated heterocycles. The van der Waals surface area contributed by atoms with Gasteiger partial charge in [0.2, 0.25) is 6.79 Å². The maximum Gasteiger partial charge on any atom is 0.295 e. The first-order valence-electron chi connectivity index (χ1n) is 9.81. The van der Waals surface area contributed by atoms with Gasteiger partial charge in [0.15, 0.2) is 11.5 Å². The summed E-state index contributed by atoms with van der Waals surface area (Å²) in [4.78, 5) is 32.3. The quantitative estimate of drug-likeness (QED) is 0.362. The summed E-state index contributed by atoms with van der Waals surface area (Å²) in [6.45, 7) is 1.15. The van der Waals surface area contributed by atoms with Crippen molar-refractivity contribution >= 4 is 28.8 Å². The molecular weight excluding hydrogens is 418 g/mol. The van der Waals surface area contributed by atoms with E-state index in [2.05, 4.69) is 4.98 Å². The summed E-state index contributed by atoms with van der Waals surface area (Å²) in [7, 11) is 0. The van der Waals surface area contributed by atoms with E-state index in [1.807, 2.05) is 28.3 Å². The summed E-state index contributed by atoms with van der Waals surface area (Å²) >= 11 is 1.44. The Morgan fingerprint density at radius 1 is 1.19 bits per heavy atom. The molecule has 2 aliphatic heterocycles. The number of ether oxygens (including phenoxy) is 2. The van der Waals surface area contributed by atoms with E-state index in [1.54, 1.807) is 35.6 Å². The summed E-state index contributed by atoms with van der Waals surface area (Å²) in [5.74, 6) is -0.438. The van der Waals surface area contributed by atoms with Crippen LogP contribution in [0.15, 0.2) is 60.0 Å². The van der Waals surface area contributed by atoms with Crippen molar-refractivity contribution in [2.75, 3.05) is 13.3 Å². The second kappa shape index (κ2) is 7.92. The molecule has 5 rings (SSSR count). The molecule has 9 heteroatoms. The highest BCUT2D eigenvalue weighted by atomic mass is 32.1. The number of imidazole rings is 1. The number of fused-ring (bicyclic) bond motifs is 1. The molecule has 158 valence electrons. The van der Waals surface area contributed by atoms with Gasteiger partial charge in [-0.05, 0) is 36.1 Å². The van der Waals surface area contributed by atoms with Crippen molar-refractivity contribution in [3.05, 3.63) is 70.4 Å². The number of aliphatic hydroxyl groups excluding tert-OH is 1. The van der Waals surface area contributed by atoms with Crippen LogP contribution in [-0.2, 0) is 16.1 Å². The van der Waals surface area contributed by atoms with Crippen LogP contribution in [0.3, 0.4) is 0 Å². The minimum atomic E-state index is -0.684. The van der Waals surface area contributed by atoms with Gasteiger partial charge in [0.25, 0.3) is 11.7 Å². The van der Waals surface area contributed by atoms with Crippen LogP contribution in [0.2, 0.25) is 0 Å². The zero-order valence-electron chi connectivity index (χ0n) is 16.4. The van der Waals surface area contributed by atoms with E-state index in [-0.39, 0.29) is 18.1 Å². The zero-order valence-corrected chi connectivity index (χ0v) is 17.2. The Morgan fingerprint density at radius 2 is 2.06 bits per heavy atom. The van der Waals surface area contributed by atoms with E-state index < -0.39 is 17.7 Å². The Morgan fingerprint density at radius 3 is 2.84 bits per heavy atom. The number of likely N-dealkylation sites (tertiary alicyclic amines) is 1. The molecule has 1 fully saturated rings. The van der Waals surface area contributed by atoms with E-state index in [0.717, 1.165) is 4.88 Å². The molecule has 1 unspecified atom stereocenters. The number of carbonyl (C=O) groups is 2. The number of aliphatic hydroxyl groups is 1. The normalized spacial score (nSPS) is 19.4. The second-order valence-corrected chi connectivity index (χ2v) is 8.21. The second-order valence-electron chi connectivity index (χ2n) is 7.23. The monoisotopic (exact) mass is 437 g/mol. The third kappa shape index (κ3) is 3.46. The van der Waals surface area contributed by atoms with E-state index in [4.69, 9.17) is 9.47 Å². The Bertz CT molecular complexity index is 1150. The first-order chi connectivity index (χ1) is 15.1. The summed E-state index contributed by atoms with van der Waals surface area (Å²) in [6, 6.07) is 8.06. The van der Waals surface area contributed by atoms with Gasteiger partial charge >= 0.3 is 0 Å². The molecule has 0 radical (unpaired) electrons. The molecule has 1 N–H and O–H groups in total. The van der Waals surface area contributed by atoms with Crippen molar-refractivity contribution in [2.24, 2.45) is 0 Å². The van der Waals surface area contributed by atoms with E-state index >= 15 is 0 Å². The van der Waals surface area contributed by atoms with Gasteiger partial charge < -0.3 is 24.0 Å². The molecule has 1 aromatic carbocycles. The summed E-state index contributed by atoms with van der Waals surface area (Å²) in [5.41, 5.74) is 0.496. The predicted molar refractivity (Wildman–Crippen MR) is 113 cm³/mol. The lowest BCUT2D eigenvalue weighted by Crippen LogP contribution is -2.31. The lowest BCUT2D eigenvalue weighted by Gasteiger charge is -2.24. The summed E-state index contributed by atoms with van der Waals surface area (Å²) in [5, 5.41) is 13.0. The number of Topliss-reactive ketones (excluding diaryl/α,β-unsaturated/α-hetero) is 1. The van der Waals surface area contributed by atoms with Crippen molar-refractivity contribution in [3.63, 3.8) is 0 Å². The van der Waals surface area contributed by atoms with Gasteiger partial charge in [-0.1, -0.05) is 6.07 Å². The first kappa shape index (κ1) is 19.4. The van der Waals surface area contributed by atoms with Crippen LogP contribution in [0.4, 0.5) is 0 Å². The average molecular weight is 437 g/mol. The molecule has 8 nitrogen and oxygen atoms in total. The minimum Gasteiger partial charge on any atom is -0.507 e. The predicted octanol–water partition coefficient (Wildman–Crippen LogP) is 3.19. The number of aromatic nitrogens is 2. The fourth-order valence-corrected chi connectivity index (χ4v) is 4.74. The Labute approximate surface area is 182 Å². The molecular formula is C22H19N3O5S. The molecule has 1 atom stereocenters. The Balaban J connectivity index is 1.50. The number of ketones is 1. The SMILES string of the molecule is O=C1C(=O)N(CCCn2ccnc2)C(c2cccs2)/C1=C(\O)c1ccc2c(c1)OCO2. The highest BCUT2D eigenvalue weighted by molar-refractivity contribution is 7.10. The number of benzene rings is 1. The van der Waals surface area contributed by atoms with Crippen LogP contribution >= 0.6 is 11.3 Å². The van der Waals surface area contributed by atoms with Crippen LogP contribution in [0.5, 0.6) is 11.5 Å². The third-order valence-corrected chi connectivity index (χ3v) is 6.30. The number of nitrogens with zero attached hydrogens (tertiary/aromatic N) is 3. The molecule has 0 bridgehead atoms. The molecule has 31 heavy (non-hydrogen) atoms. The third-order valence-electron chi connectivity index (χ3n) is 5.37. The zero-order chi connectivity index (χ0) is 21.4. The van der Waals surface area contributed by atoms with Gasteiger partial charge in [-0.3, -0.25) is 9.59 Å². The van der Waals surface area contributed by atoms with Gasteiger partial charge in [0.05, 0.1) is 17.9 Å². The number of rotatable bonds is 6. The molecule has 2 aromatic heterocycles. The highest BCUT2D eigenvalue weighted by Crippen LogP contribution is 2.42. The van der Waals surface area contributed by atoms with Crippen LogP contribution in [0.1, 0.15) is 22.9 Å². The number of hydrogen-bond donors (Lipinski definition) is 1. The fourth-order valence-electron chi connectivity index (χ4n) is 3.90. The highest BCUT2D eigenvalue weighted by Gasteiger charge is 2.46. The van der Waals surface area contributed by atoms with E-state index in [0.29, 0.717) is 36.6 Å². The van der Waals surface area contributed by atoms with Gasteiger partial charge in [0, 0.05) is 35.9 Å². The van der Waals surface area contributed by atoms with Crippen molar-refractivity contribution in [3.8, 4) is 11.5 Å².